The predicted octanol–water partition coefficient (Wildman–Crippen LogP) is 4.66. The van der Waals surface area contributed by atoms with Crippen LogP contribution in [-0.4, -0.2) is 63.9 Å². The van der Waals surface area contributed by atoms with Crippen molar-refractivity contribution < 1.29 is 32.5 Å². The Labute approximate surface area is 220 Å². The second kappa shape index (κ2) is 11.6. The summed E-state index contributed by atoms with van der Waals surface area (Å²) in [6.45, 7) is 7.74. The summed E-state index contributed by atoms with van der Waals surface area (Å²) < 4.78 is 53.2. The molecule has 0 bridgehead atoms. The predicted molar refractivity (Wildman–Crippen MR) is 137 cm³/mol. The molecule has 12 heteroatoms. The Morgan fingerprint density at radius 1 is 1.21 bits per heavy atom. The molecule has 0 aliphatic carbocycles. The fourth-order valence-corrected chi connectivity index (χ4v) is 4.21. The van der Waals surface area contributed by atoms with Gasteiger partial charge in [-0.05, 0) is 57.4 Å². The number of allylic oxidation sites excluding steroid dienone is 2. The van der Waals surface area contributed by atoms with Crippen LogP contribution in [0.15, 0.2) is 36.4 Å². The van der Waals surface area contributed by atoms with E-state index in [1.165, 1.54) is 13.2 Å². The monoisotopic (exact) mass is 539 g/mol. The first-order chi connectivity index (χ1) is 17.7. The zero-order valence-electron chi connectivity index (χ0n) is 22.2. The van der Waals surface area contributed by atoms with E-state index in [1.54, 1.807) is 56.9 Å². The molecule has 1 fully saturated rings. The molecule has 2 heterocycles. The number of nitrogen functional groups attached to an aromatic ring is 1. The van der Waals surface area contributed by atoms with Crippen molar-refractivity contribution >= 4 is 17.6 Å². The van der Waals surface area contributed by atoms with E-state index < -0.39 is 35.7 Å². The van der Waals surface area contributed by atoms with E-state index in [0.29, 0.717) is 41.9 Å². The molecule has 1 aromatic carbocycles. The number of nitrogens with zero attached hydrogens (tertiary/aromatic N) is 3. The summed E-state index contributed by atoms with van der Waals surface area (Å²) in [5.41, 5.74) is 4.94. The van der Waals surface area contributed by atoms with Gasteiger partial charge in [0.25, 0.3) is 0 Å². The topological polar surface area (TPSA) is 115 Å². The summed E-state index contributed by atoms with van der Waals surface area (Å²) in [4.78, 5) is 13.7. The van der Waals surface area contributed by atoms with Crippen LogP contribution in [0, 0.1) is 0 Å². The maximum atomic E-state index is 14.1. The maximum Gasteiger partial charge on any atom is 0.433 e. The molecular formula is C26H36F3N5O4. The highest BCUT2D eigenvalue weighted by Gasteiger charge is 2.38. The van der Waals surface area contributed by atoms with E-state index in [2.05, 4.69) is 10.4 Å². The number of nitrogens with one attached hydrogen (secondary N) is 1. The minimum atomic E-state index is -4.74. The van der Waals surface area contributed by atoms with Crippen LogP contribution in [0.5, 0.6) is 5.75 Å². The molecule has 2 unspecified atom stereocenters. The van der Waals surface area contributed by atoms with Crippen LogP contribution < -0.4 is 15.8 Å². The van der Waals surface area contributed by atoms with Crippen molar-refractivity contribution in [3.8, 4) is 5.75 Å². The van der Waals surface area contributed by atoms with E-state index in [9.17, 15) is 23.1 Å². The van der Waals surface area contributed by atoms with Crippen molar-refractivity contribution in [2.24, 2.45) is 0 Å². The van der Waals surface area contributed by atoms with Crippen molar-refractivity contribution in [2.45, 2.75) is 70.5 Å². The Balaban J connectivity index is 1.72. The molecule has 9 nitrogen and oxygen atoms in total. The van der Waals surface area contributed by atoms with Gasteiger partial charge in [-0.15, -0.1) is 0 Å². The summed E-state index contributed by atoms with van der Waals surface area (Å²) in [7, 11) is 1.51. The zero-order chi connectivity index (χ0) is 28.3. The molecule has 1 aliphatic rings. The third-order valence-electron chi connectivity index (χ3n) is 6.18. The normalized spacial score (nSPS) is 17.7. The van der Waals surface area contributed by atoms with Gasteiger partial charge in [0.05, 0.1) is 7.11 Å². The van der Waals surface area contributed by atoms with Crippen molar-refractivity contribution in [1.82, 2.24) is 20.0 Å². The molecule has 1 saturated heterocycles. The van der Waals surface area contributed by atoms with Gasteiger partial charge in [-0.25, -0.2) is 9.48 Å². The summed E-state index contributed by atoms with van der Waals surface area (Å²) in [5, 5.41) is 17.7. The van der Waals surface area contributed by atoms with Crippen LogP contribution >= 0.6 is 0 Å². The fourth-order valence-electron chi connectivity index (χ4n) is 4.21. The number of aliphatic hydroxyl groups excluding tert-OH is 1. The standard InChI is InChI=1S/C26H36F3N5O4/c1-16(17-6-8-19(37-5)9-7-17)14-21(26(27,28)29)34-22(30)15-20(32-34)23(35)33-12-10-18(11-13-33)31-24(36)38-25(2,3)4/h6-9,14-16,18,23,35H,10-13,30H2,1-5H3,(H,31,36)/b21-14-. The number of alkyl carbamates (subject to hydrolysis) is 1. The molecule has 2 atom stereocenters. The molecule has 1 amide bonds. The summed E-state index contributed by atoms with van der Waals surface area (Å²) >= 11 is 0. The number of aromatic nitrogens is 2. The Morgan fingerprint density at radius 2 is 1.82 bits per heavy atom. The first kappa shape index (κ1) is 29.3. The number of rotatable bonds is 7. The molecule has 1 aromatic heterocycles. The second-order valence-electron chi connectivity index (χ2n) is 10.3. The first-order valence-electron chi connectivity index (χ1n) is 12.4. The van der Waals surface area contributed by atoms with Crippen LogP contribution in [0.2, 0.25) is 0 Å². The number of benzene rings is 1. The SMILES string of the molecule is COc1ccc(C(C)/C=C(\n2nc(C(O)N3CCC(NC(=O)OC(C)(C)C)CC3)cc2N)C(F)(F)F)cc1. The van der Waals surface area contributed by atoms with Gasteiger partial charge < -0.3 is 25.6 Å². The van der Waals surface area contributed by atoms with Gasteiger partial charge in [-0.2, -0.15) is 18.3 Å². The van der Waals surface area contributed by atoms with E-state index in [-0.39, 0.29) is 17.6 Å². The highest BCUT2D eigenvalue weighted by Crippen LogP contribution is 2.35. The second-order valence-corrected chi connectivity index (χ2v) is 10.3. The number of nitrogens with two attached hydrogens (primary N) is 1. The maximum absolute atomic E-state index is 14.1. The summed E-state index contributed by atoms with van der Waals surface area (Å²) in [6, 6.07) is 7.84. The van der Waals surface area contributed by atoms with Crippen molar-refractivity contribution in [3.63, 3.8) is 0 Å². The lowest BCUT2D eigenvalue weighted by atomic mass is 10.00. The lowest BCUT2D eigenvalue weighted by molar-refractivity contribution is -0.0747. The summed E-state index contributed by atoms with van der Waals surface area (Å²) in [5.74, 6) is -0.252. The number of methoxy groups -OCH3 is 1. The fraction of sp³-hybridized carbons (Fsp3) is 0.538. The number of halogens is 3. The minimum absolute atomic E-state index is 0.00769. The third-order valence-corrected chi connectivity index (χ3v) is 6.18. The van der Waals surface area contributed by atoms with E-state index in [0.717, 1.165) is 6.08 Å². The van der Waals surface area contributed by atoms with Gasteiger partial charge >= 0.3 is 12.3 Å². The molecule has 38 heavy (non-hydrogen) atoms. The minimum Gasteiger partial charge on any atom is -0.497 e. The van der Waals surface area contributed by atoms with Gasteiger partial charge in [-0.1, -0.05) is 19.1 Å². The van der Waals surface area contributed by atoms with Crippen LogP contribution in [0.4, 0.5) is 23.8 Å². The number of carbonyl (C=O) groups is 1. The van der Waals surface area contributed by atoms with Crippen molar-refractivity contribution in [2.75, 3.05) is 25.9 Å². The average Bonchev–Trinajstić information content (AvgIpc) is 3.21. The number of ether oxygens (including phenoxy) is 2. The molecule has 2 aromatic rings. The molecule has 0 radical (unpaired) electrons. The number of hydrogen-bond donors (Lipinski definition) is 3. The molecule has 3 rings (SSSR count). The van der Waals surface area contributed by atoms with E-state index in [1.807, 2.05) is 0 Å². The Kier molecular flexibility index (Phi) is 8.98. The average molecular weight is 540 g/mol. The quantitative estimate of drug-likeness (QED) is 0.469. The van der Waals surface area contributed by atoms with Crippen LogP contribution in [0.1, 0.15) is 63.9 Å². The largest absolute Gasteiger partial charge is 0.497 e. The molecule has 4 N–H and O–H groups in total. The molecule has 0 spiro atoms. The molecular weight excluding hydrogens is 503 g/mol. The molecule has 0 saturated carbocycles. The van der Waals surface area contributed by atoms with Gasteiger partial charge in [-0.3, -0.25) is 4.90 Å². The Morgan fingerprint density at radius 3 is 2.34 bits per heavy atom. The molecule has 1 aliphatic heterocycles. The van der Waals surface area contributed by atoms with Gasteiger partial charge in [0.15, 0.2) is 6.23 Å². The lowest BCUT2D eigenvalue weighted by Crippen LogP contribution is -2.47. The van der Waals surface area contributed by atoms with Gasteiger partial charge in [0.2, 0.25) is 0 Å². The number of hydrogen-bond acceptors (Lipinski definition) is 7. The zero-order valence-corrected chi connectivity index (χ0v) is 22.2. The Hall–Kier alpha value is -3.25. The van der Waals surface area contributed by atoms with Crippen LogP contribution in [0.3, 0.4) is 0 Å². The van der Waals surface area contributed by atoms with Crippen LogP contribution in [-0.2, 0) is 4.74 Å². The van der Waals surface area contributed by atoms with E-state index in [4.69, 9.17) is 15.2 Å². The first-order valence-corrected chi connectivity index (χ1v) is 12.4. The highest BCUT2D eigenvalue weighted by molar-refractivity contribution is 5.68. The summed E-state index contributed by atoms with van der Waals surface area (Å²) in [6.07, 6.45) is -4.41. The number of likely N-dealkylation sites (tertiary alicyclic amines) is 1. The number of aliphatic hydroxyl groups is 1. The van der Waals surface area contributed by atoms with Crippen molar-refractivity contribution in [3.05, 3.63) is 47.7 Å². The number of amides is 1. The smallest absolute Gasteiger partial charge is 0.433 e. The highest BCUT2D eigenvalue weighted by atomic mass is 19.4. The number of anilines is 1. The van der Waals surface area contributed by atoms with Crippen LogP contribution in [0.25, 0.3) is 5.70 Å². The number of piperidine rings is 1. The van der Waals surface area contributed by atoms with Crippen molar-refractivity contribution in [1.29, 1.82) is 0 Å². The number of alkyl halides is 3. The number of carbonyl (C=O) groups excluding carboxylic acids is 1. The third kappa shape index (κ3) is 7.64. The van der Waals surface area contributed by atoms with E-state index >= 15 is 0 Å². The van der Waals surface area contributed by atoms with Gasteiger partial charge in [0.1, 0.15) is 28.6 Å². The van der Waals surface area contributed by atoms with Gasteiger partial charge in [0, 0.05) is 31.1 Å². The molecule has 210 valence electrons. The Bertz CT molecular complexity index is 1120. The lowest BCUT2D eigenvalue weighted by Gasteiger charge is -2.34.